The fourth-order valence-electron chi connectivity index (χ4n) is 3.30. The first-order chi connectivity index (χ1) is 12.5. The van der Waals surface area contributed by atoms with E-state index in [9.17, 15) is 4.79 Å². The van der Waals surface area contributed by atoms with Crippen molar-refractivity contribution in [2.75, 3.05) is 0 Å². The minimum absolute atomic E-state index is 0.152. The lowest BCUT2D eigenvalue weighted by atomic mass is 10.1. The average Bonchev–Trinajstić information content (AvgIpc) is 3.22. The molecule has 2 N–H and O–H groups in total. The van der Waals surface area contributed by atoms with Gasteiger partial charge in [-0.15, -0.1) is 0 Å². The summed E-state index contributed by atoms with van der Waals surface area (Å²) in [5.74, 6) is 0.389. The van der Waals surface area contributed by atoms with E-state index in [1.165, 1.54) is 12.8 Å². The first-order valence-electron chi connectivity index (χ1n) is 9.01. The maximum atomic E-state index is 12.5. The Labute approximate surface area is 152 Å². The summed E-state index contributed by atoms with van der Waals surface area (Å²) in [7, 11) is 0. The molecule has 1 aliphatic carbocycles. The predicted molar refractivity (Wildman–Crippen MR) is 99.5 cm³/mol. The maximum Gasteiger partial charge on any atom is 0.272 e. The highest BCUT2D eigenvalue weighted by Gasteiger charge is 2.27. The van der Waals surface area contributed by atoms with Gasteiger partial charge in [-0.25, -0.2) is 4.68 Å². The maximum absolute atomic E-state index is 12.5. The molecule has 26 heavy (non-hydrogen) atoms. The molecule has 0 spiro atoms. The number of H-pyrrole nitrogens is 1. The Hall–Kier alpha value is -2.89. The smallest absolute Gasteiger partial charge is 0.272 e. The summed E-state index contributed by atoms with van der Waals surface area (Å²) in [4.78, 5) is 12.5. The van der Waals surface area contributed by atoms with Crippen LogP contribution in [0.1, 0.15) is 64.7 Å². The van der Waals surface area contributed by atoms with Crippen LogP contribution in [-0.4, -0.2) is 25.9 Å². The molecule has 0 saturated heterocycles. The Bertz CT molecular complexity index is 951. The van der Waals surface area contributed by atoms with E-state index in [2.05, 4.69) is 33.6 Å². The molecular weight excluding hydrogens is 326 g/mol. The van der Waals surface area contributed by atoms with E-state index in [1.54, 1.807) is 0 Å². The van der Waals surface area contributed by atoms with Gasteiger partial charge in [0.25, 0.3) is 5.91 Å². The lowest BCUT2D eigenvalue weighted by molar-refractivity contribution is 0.0934. The number of aromatic amines is 1. The van der Waals surface area contributed by atoms with E-state index in [-0.39, 0.29) is 11.9 Å². The fourth-order valence-corrected chi connectivity index (χ4v) is 3.30. The number of nitrogens with one attached hydrogen (secondary N) is 2. The number of carbonyl (C=O) groups excluding carboxylic acids is 1. The summed E-state index contributed by atoms with van der Waals surface area (Å²) in [5.41, 5.74) is 5.74. The van der Waals surface area contributed by atoms with Crippen LogP contribution in [0.4, 0.5) is 0 Å². The lowest BCUT2D eigenvalue weighted by Crippen LogP contribution is -2.27. The van der Waals surface area contributed by atoms with Crippen molar-refractivity contribution in [1.82, 2.24) is 25.3 Å². The highest BCUT2D eigenvalue weighted by atomic mass is 16.2. The average molecular weight is 349 g/mol. The molecule has 1 fully saturated rings. The van der Waals surface area contributed by atoms with E-state index in [0.717, 1.165) is 28.2 Å². The summed E-state index contributed by atoms with van der Waals surface area (Å²) in [6.07, 6.45) is 4.18. The number of rotatable bonds is 5. The van der Waals surface area contributed by atoms with Crippen molar-refractivity contribution in [2.24, 2.45) is 0 Å². The number of nitrogens with zero attached hydrogens (tertiary/aromatic N) is 3. The quantitative estimate of drug-likeness (QED) is 0.739. The SMILES string of the molecule is Cc1ccccc1-n1ncc(C(C)NC(=O)c2cc(C3CC3)[nH]n2)c1C. The van der Waals surface area contributed by atoms with Crippen LogP contribution >= 0.6 is 0 Å². The Balaban J connectivity index is 1.52. The summed E-state index contributed by atoms with van der Waals surface area (Å²) < 4.78 is 1.92. The van der Waals surface area contributed by atoms with E-state index in [4.69, 9.17) is 0 Å². The van der Waals surface area contributed by atoms with Crippen molar-refractivity contribution in [3.63, 3.8) is 0 Å². The van der Waals surface area contributed by atoms with Crippen molar-refractivity contribution >= 4 is 5.91 Å². The van der Waals surface area contributed by atoms with Gasteiger partial charge < -0.3 is 5.32 Å². The topological polar surface area (TPSA) is 75.6 Å². The number of aromatic nitrogens is 4. The molecule has 6 nitrogen and oxygen atoms in total. The highest BCUT2D eigenvalue weighted by molar-refractivity contribution is 5.92. The van der Waals surface area contributed by atoms with Crippen molar-refractivity contribution in [3.8, 4) is 5.69 Å². The Kier molecular flexibility index (Phi) is 4.11. The van der Waals surface area contributed by atoms with Crippen molar-refractivity contribution in [1.29, 1.82) is 0 Å². The number of carbonyl (C=O) groups is 1. The summed E-state index contributed by atoms with van der Waals surface area (Å²) >= 11 is 0. The molecule has 4 rings (SSSR count). The summed E-state index contributed by atoms with van der Waals surface area (Å²) in [5, 5.41) is 14.7. The van der Waals surface area contributed by atoms with Crippen LogP contribution < -0.4 is 5.32 Å². The van der Waals surface area contributed by atoms with Crippen molar-refractivity contribution in [3.05, 3.63) is 64.7 Å². The van der Waals surface area contributed by atoms with Crippen LogP contribution in [0, 0.1) is 13.8 Å². The number of hydrogen-bond donors (Lipinski definition) is 2. The van der Waals surface area contributed by atoms with Gasteiger partial charge in [-0.1, -0.05) is 18.2 Å². The second-order valence-electron chi connectivity index (χ2n) is 7.06. The molecule has 2 heterocycles. The Morgan fingerprint density at radius 1 is 1.31 bits per heavy atom. The van der Waals surface area contributed by atoms with Crippen molar-refractivity contribution in [2.45, 2.75) is 45.6 Å². The lowest BCUT2D eigenvalue weighted by Gasteiger charge is -2.14. The second-order valence-corrected chi connectivity index (χ2v) is 7.06. The Morgan fingerprint density at radius 3 is 2.81 bits per heavy atom. The van der Waals surface area contributed by atoms with Gasteiger partial charge in [-0.05, 0) is 51.3 Å². The van der Waals surface area contributed by atoms with Crippen LogP contribution in [0.15, 0.2) is 36.5 Å². The summed E-state index contributed by atoms with van der Waals surface area (Å²) in [6, 6.07) is 9.84. The van der Waals surface area contributed by atoms with Crippen LogP contribution in [0.25, 0.3) is 5.69 Å². The third kappa shape index (κ3) is 3.03. The van der Waals surface area contributed by atoms with Gasteiger partial charge in [0.2, 0.25) is 0 Å². The van der Waals surface area contributed by atoms with Gasteiger partial charge in [0.15, 0.2) is 0 Å². The minimum atomic E-state index is -0.163. The molecule has 0 bridgehead atoms. The summed E-state index contributed by atoms with van der Waals surface area (Å²) in [6.45, 7) is 6.06. The predicted octanol–water partition coefficient (Wildman–Crippen LogP) is 3.58. The molecule has 1 aromatic carbocycles. The fraction of sp³-hybridized carbons (Fsp3) is 0.350. The van der Waals surface area contributed by atoms with Crippen LogP contribution in [0.5, 0.6) is 0 Å². The molecule has 1 saturated carbocycles. The Morgan fingerprint density at radius 2 is 2.08 bits per heavy atom. The molecule has 1 unspecified atom stereocenters. The van der Waals surface area contributed by atoms with E-state index in [1.807, 2.05) is 49.0 Å². The number of para-hydroxylation sites is 1. The normalized spacial score (nSPS) is 15.0. The molecule has 3 aromatic rings. The molecule has 0 aliphatic heterocycles. The molecule has 0 radical (unpaired) electrons. The van der Waals surface area contributed by atoms with E-state index < -0.39 is 0 Å². The number of benzene rings is 1. The third-order valence-corrected chi connectivity index (χ3v) is 5.05. The van der Waals surface area contributed by atoms with Crippen molar-refractivity contribution < 1.29 is 4.79 Å². The minimum Gasteiger partial charge on any atom is -0.344 e. The van der Waals surface area contributed by atoms with E-state index in [0.29, 0.717) is 11.6 Å². The van der Waals surface area contributed by atoms with Gasteiger partial charge in [0, 0.05) is 22.9 Å². The monoisotopic (exact) mass is 349 g/mol. The number of amides is 1. The number of aryl methyl sites for hydroxylation is 1. The van der Waals surface area contributed by atoms with Crippen LogP contribution in [0.3, 0.4) is 0 Å². The molecule has 1 aliphatic rings. The molecule has 6 heteroatoms. The molecule has 134 valence electrons. The number of hydrogen-bond acceptors (Lipinski definition) is 3. The first kappa shape index (κ1) is 16.6. The van der Waals surface area contributed by atoms with Crippen LogP contribution in [-0.2, 0) is 0 Å². The zero-order valence-electron chi connectivity index (χ0n) is 15.3. The second kappa shape index (κ2) is 6.44. The molecular formula is C20H23N5O. The standard InChI is InChI=1S/C20H23N5O/c1-12-6-4-5-7-19(12)25-14(3)16(11-21-25)13(2)22-20(26)18-10-17(23-24-18)15-8-9-15/h4-7,10-11,13,15H,8-9H2,1-3H3,(H,22,26)(H,23,24). The van der Waals surface area contributed by atoms with Gasteiger partial charge in [0.1, 0.15) is 5.69 Å². The van der Waals surface area contributed by atoms with Gasteiger partial charge in [0.05, 0.1) is 17.9 Å². The first-order valence-corrected chi connectivity index (χ1v) is 9.01. The third-order valence-electron chi connectivity index (χ3n) is 5.05. The van der Waals surface area contributed by atoms with Crippen LogP contribution in [0.2, 0.25) is 0 Å². The highest BCUT2D eigenvalue weighted by Crippen LogP contribution is 2.39. The largest absolute Gasteiger partial charge is 0.344 e. The van der Waals surface area contributed by atoms with Gasteiger partial charge in [-0.2, -0.15) is 10.2 Å². The molecule has 1 atom stereocenters. The molecule has 1 amide bonds. The molecule has 2 aromatic heterocycles. The van der Waals surface area contributed by atoms with Gasteiger partial charge in [-0.3, -0.25) is 9.89 Å². The van der Waals surface area contributed by atoms with Gasteiger partial charge >= 0.3 is 0 Å². The zero-order chi connectivity index (χ0) is 18.3. The van der Waals surface area contributed by atoms with E-state index >= 15 is 0 Å². The zero-order valence-corrected chi connectivity index (χ0v) is 15.3.